The summed E-state index contributed by atoms with van der Waals surface area (Å²) in [4.78, 5) is 0. The van der Waals surface area contributed by atoms with Gasteiger partial charge in [-0.1, -0.05) is 80.6 Å². The van der Waals surface area contributed by atoms with Gasteiger partial charge >= 0.3 is 0 Å². The fourth-order valence-corrected chi connectivity index (χ4v) is 4.57. The van der Waals surface area contributed by atoms with Crippen molar-refractivity contribution in [3.63, 3.8) is 0 Å². The van der Waals surface area contributed by atoms with Crippen molar-refractivity contribution in [1.82, 2.24) is 0 Å². The highest BCUT2D eigenvalue weighted by atomic mass is 16.3. The molecule has 0 aromatic heterocycles. The van der Waals surface area contributed by atoms with Crippen molar-refractivity contribution in [2.75, 3.05) is 0 Å². The molecule has 3 aromatic rings. The highest BCUT2D eigenvalue weighted by molar-refractivity contribution is 5.84. The van der Waals surface area contributed by atoms with E-state index in [0.717, 1.165) is 51.6 Å². The van der Waals surface area contributed by atoms with Gasteiger partial charge in [-0.25, -0.2) is 0 Å². The number of fused-ring (bicyclic) bond motifs is 1. The summed E-state index contributed by atoms with van der Waals surface area (Å²) in [7, 11) is 0. The average molecular weight is 433 g/mol. The van der Waals surface area contributed by atoms with E-state index in [1.807, 2.05) is 80.6 Å². The maximum Gasteiger partial charge on any atom is 0.131 e. The van der Waals surface area contributed by atoms with Crippen LogP contribution in [0.15, 0.2) is 66.7 Å². The molecule has 3 atom stereocenters. The van der Waals surface area contributed by atoms with Gasteiger partial charge in [-0.2, -0.15) is 0 Å². The zero-order valence-corrected chi connectivity index (χ0v) is 19.2. The molecule has 2 aliphatic carbocycles. The van der Waals surface area contributed by atoms with Crippen molar-refractivity contribution in [3.05, 3.63) is 77.9 Å². The Kier molecular flexibility index (Phi) is 8.46. The molecule has 0 heterocycles. The Morgan fingerprint density at radius 1 is 0.719 bits per heavy atom. The quantitative estimate of drug-likeness (QED) is 0.441. The topological polar surface area (TPSA) is 92.5 Å². The van der Waals surface area contributed by atoms with Gasteiger partial charge in [0.25, 0.3) is 0 Å². The van der Waals surface area contributed by atoms with Crippen molar-refractivity contribution in [1.29, 1.82) is 0 Å². The summed E-state index contributed by atoms with van der Waals surface area (Å²) in [6, 6.07) is 21.5. The first-order valence-electron chi connectivity index (χ1n) is 11.7. The fraction of sp³-hybridized carbons (Fsp3) is 0.357. The molecule has 170 valence electrons. The summed E-state index contributed by atoms with van der Waals surface area (Å²) in [5.74, 6) is 1.93. The van der Waals surface area contributed by atoms with Gasteiger partial charge in [0.15, 0.2) is 0 Å². The maximum atomic E-state index is 10.9. The molecule has 0 aliphatic heterocycles. The third-order valence-corrected chi connectivity index (χ3v) is 6.40. The van der Waals surface area contributed by atoms with Crippen LogP contribution in [0, 0.1) is 11.8 Å². The van der Waals surface area contributed by atoms with Gasteiger partial charge in [0.05, 0.1) is 6.10 Å². The monoisotopic (exact) mass is 432 g/mol. The van der Waals surface area contributed by atoms with E-state index in [-0.39, 0.29) is 11.9 Å². The van der Waals surface area contributed by atoms with Gasteiger partial charge in [0.2, 0.25) is 0 Å². The number of benzene rings is 3. The second-order valence-electron chi connectivity index (χ2n) is 8.23. The number of rotatable bonds is 4. The predicted octanol–water partition coefficient (Wildman–Crippen LogP) is 5.45. The molecule has 4 nitrogen and oxygen atoms in total. The lowest BCUT2D eigenvalue weighted by Gasteiger charge is -2.15. The van der Waals surface area contributed by atoms with Crippen molar-refractivity contribution >= 4 is 0 Å². The lowest BCUT2D eigenvalue weighted by molar-refractivity contribution is 0.159. The Morgan fingerprint density at radius 2 is 1.19 bits per heavy atom. The molecule has 0 spiro atoms. The van der Waals surface area contributed by atoms with Crippen LogP contribution in [0.3, 0.4) is 0 Å². The van der Waals surface area contributed by atoms with Crippen LogP contribution in [0.1, 0.15) is 44.2 Å². The molecule has 4 heteroatoms. The van der Waals surface area contributed by atoms with Crippen LogP contribution in [0.5, 0.6) is 5.75 Å². The largest absolute Gasteiger partial charge is 0.507 e. The molecule has 2 aliphatic rings. The summed E-state index contributed by atoms with van der Waals surface area (Å²) < 4.78 is 0. The van der Waals surface area contributed by atoms with E-state index in [4.69, 9.17) is 16.6 Å². The Morgan fingerprint density at radius 3 is 1.53 bits per heavy atom. The second-order valence-corrected chi connectivity index (χ2v) is 8.23. The minimum Gasteiger partial charge on any atom is -0.507 e. The van der Waals surface area contributed by atoms with Crippen LogP contribution in [-0.4, -0.2) is 16.3 Å². The SMILES string of the molecule is CC.NCc1ccccc1-c1cccc(-c2ccccc2CN)c1O.OC1CCC2CC12. The summed E-state index contributed by atoms with van der Waals surface area (Å²) in [6.45, 7) is 4.86. The first kappa shape index (κ1) is 24.0. The molecule has 0 radical (unpaired) electrons. The van der Waals surface area contributed by atoms with Gasteiger partial charge < -0.3 is 21.7 Å². The number of nitrogens with two attached hydrogens (primary N) is 2. The lowest BCUT2D eigenvalue weighted by Crippen LogP contribution is -2.02. The second kappa shape index (κ2) is 11.3. The Balaban J connectivity index is 0.000000266. The highest BCUT2D eigenvalue weighted by Crippen LogP contribution is 2.51. The first-order chi connectivity index (χ1) is 15.6. The summed E-state index contributed by atoms with van der Waals surface area (Å²) in [5, 5.41) is 19.9. The molecular weight excluding hydrogens is 396 g/mol. The number of para-hydroxylation sites is 1. The molecule has 6 N–H and O–H groups in total. The molecule has 2 saturated carbocycles. The van der Waals surface area contributed by atoms with E-state index in [1.165, 1.54) is 12.8 Å². The molecule has 2 fully saturated rings. The summed E-state index contributed by atoms with van der Waals surface area (Å²) in [5.41, 5.74) is 17.2. The minimum absolute atomic E-state index is 0.0880. The number of phenols is 1. The summed E-state index contributed by atoms with van der Waals surface area (Å²) >= 11 is 0. The van der Waals surface area contributed by atoms with Crippen LogP contribution in [-0.2, 0) is 13.1 Å². The smallest absolute Gasteiger partial charge is 0.131 e. The zero-order valence-electron chi connectivity index (χ0n) is 19.2. The van der Waals surface area contributed by atoms with E-state index < -0.39 is 0 Å². The standard InChI is InChI=1S/C20H20N2O.C6H10O.C2H6/c21-12-14-6-1-3-8-16(14)18-10-5-11-19(20(18)23)17-9-4-2-7-15(17)13-22;7-6-2-1-4-3-5(4)6;1-2/h1-11,23H,12-13,21-22H2;4-7H,1-3H2;1-2H3. The Hall–Kier alpha value is -2.66. The highest BCUT2D eigenvalue weighted by Gasteiger charge is 2.47. The van der Waals surface area contributed by atoms with Crippen LogP contribution in [0.4, 0.5) is 0 Å². The number of aliphatic hydroxyl groups excluding tert-OH is 1. The molecular formula is C28H36N2O2. The molecule has 5 rings (SSSR count). The molecule has 3 aromatic carbocycles. The molecule has 3 unspecified atom stereocenters. The van der Waals surface area contributed by atoms with Crippen LogP contribution in [0.2, 0.25) is 0 Å². The number of aromatic hydroxyl groups is 1. The van der Waals surface area contributed by atoms with Gasteiger partial charge in [-0.3, -0.25) is 0 Å². The van der Waals surface area contributed by atoms with Crippen LogP contribution in [0.25, 0.3) is 22.3 Å². The average Bonchev–Trinajstić information content (AvgIpc) is 3.56. The predicted molar refractivity (Wildman–Crippen MR) is 133 cm³/mol. The van der Waals surface area contributed by atoms with Crippen molar-refractivity contribution in [3.8, 4) is 28.0 Å². The third kappa shape index (κ3) is 5.21. The fourth-order valence-electron chi connectivity index (χ4n) is 4.57. The van der Waals surface area contributed by atoms with Gasteiger partial charge in [0, 0.05) is 24.2 Å². The van der Waals surface area contributed by atoms with Crippen molar-refractivity contribution in [2.45, 2.75) is 52.3 Å². The van der Waals surface area contributed by atoms with E-state index >= 15 is 0 Å². The normalized spacial score (nSPS) is 20.3. The summed E-state index contributed by atoms with van der Waals surface area (Å²) in [6.07, 6.45) is 3.78. The third-order valence-electron chi connectivity index (χ3n) is 6.40. The maximum absolute atomic E-state index is 10.9. The number of aliphatic hydroxyl groups is 1. The number of hydrogen-bond donors (Lipinski definition) is 4. The van der Waals surface area contributed by atoms with E-state index in [2.05, 4.69) is 0 Å². The molecule has 32 heavy (non-hydrogen) atoms. The van der Waals surface area contributed by atoms with Crippen molar-refractivity contribution < 1.29 is 10.2 Å². The van der Waals surface area contributed by atoms with Gasteiger partial charge in [0.1, 0.15) is 5.75 Å². The van der Waals surface area contributed by atoms with Crippen LogP contribution >= 0.6 is 0 Å². The number of hydrogen-bond acceptors (Lipinski definition) is 4. The molecule has 0 amide bonds. The zero-order chi connectivity index (χ0) is 23.1. The Bertz CT molecular complexity index is 952. The van der Waals surface area contributed by atoms with Gasteiger partial charge in [-0.05, 0) is 53.4 Å². The van der Waals surface area contributed by atoms with Gasteiger partial charge in [-0.15, -0.1) is 0 Å². The van der Waals surface area contributed by atoms with Crippen molar-refractivity contribution in [2.24, 2.45) is 23.3 Å². The first-order valence-corrected chi connectivity index (χ1v) is 11.7. The Labute approximate surface area is 191 Å². The van der Waals surface area contributed by atoms with E-state index in [9.17, 15) is 5.11 Å². The number of phenolic OH excluding ortho intramolecular Hbond substituents is 1. The molecule has 0 saturated heterocycles. The van der Waals surface area contributed by atoms with E-state index in [0.29, 0.717) is 13.1 Å². The molecule has 0 bridgehead atoms. The van der Waals surface area contributed by atoms with E-state index in [1.54, 1.807) is 0 Å². The lowest BCUT2D eigenvalue weighted by atomic mass is 9.92. The minimum atomic E-state index is 0.0880. The van der Waals surface area contributed by atoms with Crippen LogP contribution < -0.4 is 11.5 Å².